The summed E-state index contributed by atoms with van der Waals surface area (Å²) in [7, 11) is 1.77. The van der Waals surface area contributed by atoms with Crippen LogP contribution in [0.5, 0.6) is 0 Å². The molecule has 32 heavy (non-hydrogen) atoms. The van der Waals surface area contributed by atoms with Crippen molar-refractivity contribution in [2.45, 2.75) is 50.4 Å². The van der Waals surface area contributed by atoms with Gasteiger partial charge in [0.25, 0.3) is 0 Å². The topological polar surface area (TPSA) is 122 Å². The van der Waals surface area contributed by atoms with Crippen molar-refractivity contribution in [1.29, 1.82) is 0 Å². The molecule has 0 aliphatic carbocycles. The van der Waals surface area contributed by atoms with Crippen LogP contribution in [0.3, 0.4) is 0 Å². The predicted molar refractivity (Wildman–Crippen MR) is 124 cm³/mol. The summed E-state index contributed by atoms with van der Waals surface area (Å²) in [4.78, 5) is 11.9. The normalized spacial score (nSPS) is 23.0. The van der Waals surface area contributed by atoms with Gasteiger partial charge >= 0.3 is 0 Å². The van der Waals surface area contributed by atoms with Crippen LogP contribution in [0.1, 0.15) is 31.4 Å². The lowest BCUT2D eigenvalue weighted by molar-refractivity contribution is 0.276. The highest BCUT2D eigenvalue weighted by Gasteiger charge is 2.41. The monoisotopic (exact) mass is 472 g/mol. The van der Waals surface area contributed by atoms with Gasteiger partial charge < -0.3 is 15.7 Å². The van der Waals surface area contributed by atoms with E-state index < -0.39 is 0 Å². The quantitative estimate of drug-likeness (QED) is 0.418. The number of anilines is 1. The number of nitrogens with zero attached hydrogens (tertiary/aromatic N) is 6. The second-order valence-electron chi connectivity index (χ2n) is 8.68. The summed E-state index contributed by atoms with van der Waals surface area (Å²) in [5, 5.41) is 23.6. The molecule has 4 aromatic rings. The van der Waals surface area contributed by atoms with Gasteiger partial charge in [-0.25, -0.2) is 9.97 Å². The van der Waals surface area contributed by atoms with Crippen LogP contribution in [-0.2, 0) is 13.7 Å². The summed E-state index contributed by atoms with van der Waals surface area (Å²) in [5.74, 6) is 0.703. The molecule has 6 rings (SSSR count). The standard InChI is InChI=1S/C21H22Cl2N8O/c1-30-19(23)15-13(29-30)5-4-12(16(15)22)17-18-20(28-27-17)26-21(14(8-32)25-18)31-10-2-3-11(31)7-9(24)6-10/h4-5,9-11,32H,2-3,6-8,24H2,1H3,(H,26,27,28)/t9?,10-,11+. The number of piperidine rings is 1. The lowest BCUT2D eigenvalue weighted by atomic mass is 9.98. The molecule has 0 amide bonds. The number of aliphatic hydroxyl groups is 1. The lowest BCUT2D eigenvalue weighted by Crippen LogP contribution is -2.48. The highest BCUT2D eigenvalue weighted by molar-refractivity contribution is 6.43. The molecule has 0 radical (unpaired) electrons. The first-order valence-corrected chi connectivity index (χ1v) is 11.4. The van der Waals surface area contributed by atoms with E-state index in [1.165, 1.54) is 0 Å². The number of hydrogen-bond acceptors (Lipinski definition) is 7. The Hall–Kier alpha value is -2.46. The highest BCUT2D eigenvalue weighted by atomic mass is 35.5. The molecule has 9 nitrogen and oxygen atoms in total. The Morgan fingerprint density at radius 1 is 1.19 bits per heavy atom. The molecule has 0 spiro atoms. The minimum atomic E-state index is -0.216. The Kier molecular flexibility index (Phi) is 4.59. The van der Waals surface area contributed by atoms with Crippen LogP contribution in [-0.4, -0.2) is 53.2 Å². The van der Waals surface area contributed by atoms with Gasteiger partial charge in [0.05, 0.1) is 28.2 Å². The summed E-state index contributed by atoms with van der Waals surface area (Å²) >= 11 is 13.1. The minimum absolute atomic E-state index is 0.214. The first kappa shape index (κ1) is 20.2. The van der Waals surface area contributed by atoms with Crippen LogP contribution in [0.2, 0.25) is 10.2 Å². The maximum absolute atomic E-state index is 10.1. The smallest absolute Gasteiger partial charge is 0.202 e. The average Bonchev–Trinajstić information content (AvgIpc) is 3.39. The van der Waals surface area contributed by atoms with Crippen LogP contribution in [0.15, 0.2) is 12.1 Å². The number of rotatable bonds is 3. The number of aliphatic hydroxyl groups excluding tert-OH is 1. The van der Waals surface area contributed by atoms with E-state index in [0.29, 0.717) is 67.1 Å². The number of benzene rings is 1. The fourth-order valence-electron chi connectivity index (χ4n) is 5.33. The van der Waals surface area contributed by atoms with Crippen LogP contribution in [0.4, 0.5) is 5.82 Å². The molecule has 5 heterocycles. The number of nitrogens with one attached hydrogen (secondary N) is 1. The second-order valence-corrected chi connectivity index (χ2v) is 9.42. The lowest BCUT2D eigenvalue weighted by Gasteiger charge is -2.39. The van der Waals surface area contributed by atoms with Crippen LogP contribution in [0, 0.1) is 0 Å². The van der Waals surface area contributed by atoms with Crippen molar-refractivity contribution in [3.05, 3.63) is 28.0 Å². The van der Waals surface area contributed by atoms with Crippen molar-refractivity contribution in [2.24, 2.45) is 12.8 Å². The molecule has 3 aromatic heterocycles. The van der Waals surface area contributed by atoms with Crippen LogP contribution >= 0.6 is 23.2 Å². The van der Waals surface area contributed by atoms with Crippen LogP contribution in [0.25, 0.3) is 33.3 Å². The van der Waals surface area contributed by atoms with E-state index in [1.54, 1.807) is 11.7 Å². The molecule has 0 saturated carbocycles. The maximum atomic E-state index is 10.1. The summed E-state index contributed by atoms with van der Waals surface area (Å²) < 4.78 is 1.59. The fourth-order valence-corrected chi connectivity index (χ4v) is 5.95. The molecule has 2 fully saturated rings. The van der Waals surface area contributed by atoms with E-state index >= 15 is 0 Å². The molecule has 4 N–H and O–H groups in total. The van der Waals surface area contributed by atoms with Gasteiger partial charge in [-0.15, -0.1) is 0 Å². The third-order valence-electron chi connectivity index (χ3n) is 6.74. The van der Waals surface area contributed by atoms with Crippen molar-refractivity contribution in [3.8, 4) is 11.3 Å². The number of aromatic amines is 1. The number of H-pyrrole nitrogens is 1. The van der Waals surface area contributed by atoms with Gasteiger partial charge in [0, 0.05) is 30.7 Å². The third kappa shape index (κ3) is 2.85. The Balaban J connectivity index is 1.50. The highest BCUT2D eigenvalue weighted by Crippen LogP contribution is 2.41. The first-order chi connectivity index (χ1) is 15.5. The predicted octanol–water partition coefficient (Wildman–Crippen LogP) is 3.16. The SMILES string of the molecule is Cn1nc2ccc(-c3[nH]nc4nc(N5[C@@H]6CC[C@H]5CC(N)C6)c(CO)nc34)c(Cl)c2c1Cl. The number of aromatic nitrogens is 6. The first-order valence-electron chi connectivity index (χ1n) is 10.7. The zero-order valence-corrected chi connectivity index (χ0v) is 18.9. The van der Waals surface area contributed by atoms with E-state index in [9.17, 15) is 5.11 Å². The summed E-state index contributed by atoms with van der Waals surface area (Å²) in [6.45, 7) is -0.216. The van der Waals surface area contributed by atoms with Gasteiger partial charge in [-0.2, -0.15) is 10.2 Å². The Morgan fingerprint density at radius 2 is 1.94 bits per heavy atom. The largest absolute Gasteiger partial charge is 0.390 e. The van der Waals surface area contributed by atoms with E-state index in [-0.39, 0.29) is 12.6 Å². The van der Waals surface area contributed by atoms with Crippen molar-refractivity contribution in [1.82, 2.24) is 29.9 Å². The van der Waals surface area contributed by atoms with Gasteiger partial charge in [0.2, 0.25) is 5.65 Å². The zero-order valence-electron chi connectivity index (χ0n) is 17.4. The van der Waals surface area contributed by atoms with Gasteiger partial charge in [0.1, 0.15) is 16.4 Å². The van der Waals surface area contributed by atoms with Gasteiger partial charge in [0.15, 0.2) is 5.82 Å². The van der Waals surface area contributed by atoms with Crippen LogP contribution < -0.4 is 10.6 Å². The molecule has 2 bridgehead atoms. The molecule has 3 atom stereocenters. The van der Waals surface area contributed by atoms with Gasteiger partial charge in [-0.1, -0.05) is 23.2 Å². The molecule has 2 aliphatic heterocycles. The molecule has 1 aromatic carbocycles. The van der Waals surface area contributed by atoms with Gasteiger partial charge in [-0.05, 0) is 37.8 Å². The number of fused-ring (bicyclic) bond motifs is 4. The van der Waals surface area contributed by atoms with E-state index in [4.69, 9.17) is 38.9 Å². The summed E-state index contributed by atoms with van der Waals surface area (Å²) in [6.07, 6.45) is 4.01. The van der Waals surface area contributed by atoms with Gasteiger partial charge in [-0.3, -0.25) is 9.78 Å². The second kappa shape index (κ2) is 7.28. The maximum Gasteiger partial charge on any atom is 0.202 e. The molecule has 166 valence electrons. The summed E-state index contributed by atoms with van der Waals surface area (Å²) in [6, 6.07) is 4.58. The van der Waals surface area contributed by atoms with Crippen molar-refractivity contribution >= 4 is 51.1 Å². The van der Waals surface area contributed by atoms with Crippen molar-refractivity contribution in [3.63, 3.8) is 0 Å². The van der Waals surface area contributed by atoms with E-state index in [1.807, 2.05) is 12.1 Å². The minimum Gasteiger partial charge on any atom is -0.390 e. The molecular formula is C21H22Cl2N8O. The molecular weight excluding hydrogens is 451 g/mol. The number of aryl methyl sites for hydroxylation is 1. The van der Waals surface area contributed by atoms with Crippen molar-refractivity contribution in [2.75, 3.05) is 4.90 Å². The Labute approximate surface area is 193 Å². The van der Waals surface area contributed by atoms with E-state index in [0.717, 1.165) is 25.7 Å². The number of hydrogen-bond donors (Lipinski definition) is 3. The van der Waals surface area contributed by atoms with E-state index in [2.05, 4.69) is 20.2 Å². The Morgan fingerprint density at radius 3 is 2.66 bits per heavy atom. The molecule has 2 saturated heterocycles. The third-order valence-corrected chi connectivity index (χ3v) is 7.57. The number of halogens is 2. The average molecular weight is 473 g/mol. The number of nitrogens with two attached hydrogens (primary N) is 1. The molecule has 1 unspecified atom stereocenters. The fraction of sp³-hybridized carbons (Fsp3) is 0.429. The van der Waals surface area contributed by atoms with Crippen molar-refractivity contribution < 1.29 is 5.11 Å². The molecule has 11 heteroatoms. The zero-order chi connectivity index (χ0) is 22.1. The summed E-state index contributed by atoms with van der Waals surface area (Å²) in [5.41, 5.74) is 9.84. The molecule has 2 aliphatic rings. The Bertz CT molecular complexity index is 1350.